The van der Waals surface area contributed by atoms with Crippen LogP contribution in [0.5, 0.6) is 0 Å². The summed E-state index contributed by atoms with van der Waals surface area (Å²) in [5.41, 5.74) is 2.02. The molecule has 2 heterocycles. The average Bonchev–Trinajstić information content (AvgIpc) is 2.47. The quantitative estimate of drug-likeness (QED) is 0.829. The highest BCUT2D eigenvalue weighted by Gasteiger charge is 2.22. The van der Waals surface area contributed by atoms with Gasteiger partial charge in [-0.1, -0.05) is 6.07 Å². The van der Waals surface area contributed by atoms with Crippen LogP contribution < -0.4 is 10.9 Å². The number of aromatic amines is 1. The largest absolute Gasteiger partial charge is 0.348 e. The molecule has 3 rings (SSSR count). The molecule has 20 heavy (non-hydrogen) atoms. The Labute approximate surface area is 115 Å². The lowest BCUT2D eigenvalue weighted by molar-refractivity contribution is 0.0928. The van der Waals surface area contributed by atoms with Crippen molar-refractivity contribution in [3.8, 4) is 0 Å². The van der Waals surface area contributed by atoms with Gasteiger partial charge in [0.25, 0.3) is 11.5 Å². The first-order chi connectivity index (χ1) is 9.72. The number of carbonyl (C=O) groups is 1. The van der Waals surface area contributed by atoms with Crippen LogP contribution in [0.15, 0.2) is 35.3 Å². The van der Waals surface area contributed by atoms with Gasteiger partial charge >= 0.3 is 0 Å². The van der Waals surface area contributed by atoms with E-state index in [-0.39, 0.29) is 17.5 Å². The maximum absolute atomic E-state index is 12.0. The molecule has 6 nitrogen and oxygen atoms in total. The number of amides is 1. The number of hydrogen-bond donors (Lipinski definition) is 2. The molecule has 2 N–H and O–H groups in total. The summed E-state index contributed by atoms with van der Waals surface area (Å²) in [6.45, 7) is 0. The van der Waals surface area contributed by atoms with Crippen LogP contribution in [0.25, 0.3) is 0 Å². The first-order valence-electron chi connectivity index (χ1n) is 6.52. The molecule has 1 aliphatic rings. The molecule has 1 aliphatic carbocycles. The van der Waals surface area contributed by atoms with E-state index in [4.69, 9.17) is 0 Å². The molecule has 2 aromatic heterocycles. The molecule has 1 amide bonds. The Bertz CT molecular complexity index is 681. The maximum atomic E-state index is 12.0. The number of rotatable bonds is 2. The molecular formula is C14H14N4O2. The zero-order valence-corrected chi connectivity index (χ0v) is 10.8. The molecule has 0 saturated heterocycles. The highest BCUT2D eigenvalue weighted by atomic mass is 16.2. The van der Waals surface area contributed by atoms with Gasteiger partial charge in [-0.2, -0.15) is 5.10 Å². The summed E-state index contributed by atoms with van der Waals surface area (Å²) in [6.07, 6.45) is 3.78. The predicted molar refractivity (Wildman–Crippen MR) is 72.4 cm³/mol. The van der Waals surface area contributed by atoms with Crippen molar-refractivity contribution in [2.75, 3.05) is 0 Å². The first-order valence-corrected chi connectivity index (χ1v) is 6.52. The van der Waals surface area contributed by atoms with Crippen LogP contribution in [0, 0.1) is 0 Å². The normalized spacial score (nSPS) is 17.3. The first kappa shape index (κ1) is 12.5. The Morgan fingerprint density at radius 3 is 3.10 bits per heavy atom. The lowest BCUT2D eigenvalue weighted by Gasteiger charge is -2.24. The van der Waals surface area contributed by atoms with Gasteiger partial charge in [0.2, 0.25) is 0 Å². The molecule has 0 aliphatic heterocycles. The van der Waals surface area contributed by atoms with Gasteiger partial charge in [-0.05, 0) is 37.0 Å². The third kappa shape index (κ3) is 2.59. The molecule has 1 atom stereocenters. The number of fused-ring (bicyclic) bond motifs is 1. The van der Waals surface area contributed by atoms with Gasteiger partial charge in [-0.15, -0.1) is 0 Å². The van der Waals surface area contributed by atoms with E-state index in [1.54, 1.807) is 30.5 Å². The maximum Gasteiger partial charge on any atom is 0.270 e. The molecule has 0 saturated carbocycles. The summed E-state index contributed by atoms with van der Waals surface area (Å²) in [7, 11) is 0. The van der Waals surface area contributed by atoms with Gasteiger partial charge in [0.15, 0.2) is 0 Å². The summed E-state index contributed by atoms with van der Waals surface area (Å²) in [5, 5.41) is 9.42. The van der Waals surface area contributed by atoms with Crippen LogP contribution in [0.4, 0.5) is 0 Å². The number of H-pyrrole nitrogens is 1. The topological polar surface area (TPSA) is 87.7 Å². The molecule has 2 aromatic rings. The third-order valence-electron chi connectivity index (χ3n) is 3.41. The van der Waals surface area contributed by atoms with Gasteiger partial charge in [0.1, 0.15) is 5.69 Å². The molecule has 0 unspecified atom stereocenters. The molecule has 6 heteroatoms. The van der Waals surface area contributed by atoms with E-state index < -0.39 is 0 Å². The lowest BCUT2D eigenvalue weighted by Crippen LogP contribution is -2.39. The summed E-state index contributed by atoms with van der Waals surface area (Å²) < 4.78 is 0. The van der Waals surface area contributed by atoms with Crippen LogP contribution in [0.3, 0.4) is 0 Å². The minimum atomic E-state index is -0.208. The van der Waals surface area contributed by atoms with E-state index in [1.807, 2.05) is 0 Å². The van der Waals surface area contributed by atoms with Crippen LogP contribution in [-0.2, 0) is 12.8 Å². The second kappa shape index (κ2) is 5.24. The van der Waals surface area contributed by atoms with Gasteiger partial charge in [-0.3, -0.25) is 14.6 Å². The van der Waals surface area contributed by atoms with Crippen molar-refractivity contribution in [3.05, 3.63) is 57.8 Å². The second-order valence-corrected chi connectivity index (χ2v) is 4.83. The van der Waals surface area contributed by atoms with Gasteiger partial charge in [0, 0.05) is 18.3 Å². The Kier molecular flexibility index (Phi) is 3.28. The zero-order valence-electron chi connectivity index (χ0n) is 10.8. The monoisotopic (exact) mass is 270 g/mol. The predicted octanol–water partition coefficient (Wildman–Crippen LogP) is 0.452. The number of hydrogen-bond acceptors (Lipinski definition) is 4. The number of pyridine rings is 1. The van der Waals surface area contributed by atoms with Crippen molar-refractivity contribution < 1.29 is 4.79 Å². The van der Waals surface area contributed by atoms with Crippen molar-refractivity contribution in [3.63, 3.8) is 0 Å². The van der Waals surface area contributed by atoms with E-state index in [9.17, 15) is 9.59 Å². The fourth-order valence-electron chi connectivity index (χ4n) is 2.42. The summed E-state index contributed by atoms with van der Waals surface area (Å²) in [4.78, 5) is 27.3. The van der Waals surface area contributed by atoms with Crippen molar-refractivity contribution in [1.82, 2.24) is 20.5 Å². The van der Waals surface area contributed by atoms with Gasteiger partial charge in [-0.25, -0.2) is 5.10 Å². The molecule has 0 bridgehead atoms. The molecule has 0 radical (unpaired) electrons. The fraction of sp³-hybridized carbons (Fsp3) is 0.286. The van der Waals surface area contributed by atoms with Crippen molar-refractivity contribution >= 4 is 5.91 Å². The van der Waals surface area contributed by atoms with E-state index in [0.717, 1.165) is 24.1 Å². The van der Waals surface area contributed by atoms with Crippen molar-refractivity contribution in [2.45, 2.75) is 25.3 Å². The number of aromatic nitrogens is 3. The molecular weight excluding hydrogens is 256 g/mol. The minimum Gasteiger partial charge on any atom is -0.348 e. The smallest absolute Gasteiger partial charge is 0.270 e. The standard InChI is InChI=1S/C14H14N4O2/c19-13-8-9-7-10(4-5-11(9)17-18-13)16-14(20)12-3-1-2-6-15-12/h1-3,6,8,10H,4-5,7H2,(H,16,20)(H,18,19)/t10-/m0/s1. The average molecular weight is 270 g/mol. The number of nitrogens with one attached hydrogen (secondary N) is 2. The minimum absolute atomic E-state index is 0.0145. The lowest BCUT2D eigenvalue weighted by atomic mass is 9.92. The Hall–Kier alpha value is -2.50. The van der Waals surface area contributed by atoms with Gasteiger partial charge in [0.05, 0.1) is 5.69 Å². The summed E-state index contributed by atoms with van der Waals surface area (Å²) in [5.74, 6) is -0.183. The Morgan fingerprint density at radius 1 is 1.40 bits per heavy atom. The molecule has 102 valence electrons. The van der Waals surface area contributed by atoms with Gasteiger partial charge < -0.3 is 5.32 Å². The summed E-state index contributed by atoms with van der Waals surface area (Å²) >= 11 is 0. The zero-order chi connectivity index (χ0) is 13.9. The highest BCUT2D eigenvalue weighted by Crippen LogP contribution is 2.17. The SMILES string of the molecule is O=C(N[C@H]1CCc2n[nH]c(=O)cc2C1)c1ccccn1. The Morgan fingerprint density at radius 2 is 2.30 bits per heavy atom. The van der Waals surface area contributed by atoms with Crippen LogP contribution in [0.1, 0.15) is 28.2 Å². The third-order valence-corrected chi connectivity index (χ3v) is 3.41. The van der Waals surface area contributed by atoms with E-state index in [1.165, 1.54) is 0 Å². The fourth-order valence-corrected chi connectivity index (χ4v) is 2.42. The van der Waals surface area contributed by atoms with E-state index >= 15 is 0 Å². The van der Waals surface area contributed by atoms with Crippen molar-refractivity contribution in [2.24, 2.45) is 0 Å². The van der Waals surface area contributed by atoms with Crippen molar-refractivity contribution in [1.29, 1.82) is 0 Å². The molecule has 0 spiro atoms. The number of aryl methyl sites for hydroxylation is 1. The van der Waals surface area contributed by atoms with Crippen LogP contribution >= 0.6 is 0 Å². The number of nitrogens with zero attached hydrogens (tertiary/aromatic N) is 2. The highest BCUT2D eigenvalue weighted by molar-refractivity contribution is 5.92. The Balaban J connectivity index is 1.71. The van der Waals surface area contributed by atoms with E-state index in [0.29, 0.717) is 12.1 Å². The van der Waals surface area contributed by atoms with E-state index in [2.05, 4.69) is 20.5 Å². The summed E-state index contributed by atoms with van der Waals surface area (Å²) in [6, 6.07) is 6.80. The second-order valence-electron chi connectivity index (χ2n) is 4.83. The molecule has 0 fully saturated rings. The van der Waals surface area contributed by atoms with Crippen LogP contribution in [-0.4, -0.2) is 27.1 Å². The number of carbonyl (C=O) groups excluding carboxylic acids is 1. The van der Waals surface area contributed by atoms with Crippen LogP contribution in [0.2, 0.25) is 0 Å². The molecule has 0 aromatic carbocycles.